The van der Waals surface area contributed by atoms with E-state index in [1.165, 1.54) is 17.3 Å². The van der Waals surface area contributed by atoms with Crippen LogP contribution in [0.3, 0.4) is 0 Å². The van der Waals surface area contributed by atoms with Crippen LogP contribution in [0.4, 0.5) is 11.5 Å². The molecule has 1 saturated heterocycles. The number of amides is 1. The first-order valence-corrected chi connectivity index (χ1v) is 10.8. The molecule has 1 aromatic carbocycles. The number of benzene rings is 1. The number of aromatic nitrogens is 2. The fourth-order valence-electron chi connectivity index (χ4n) is 3.95. The van der Waals surface area contributed by atoms with Crippen molar-refractivity contribution in [3.05, 3.63) is 42.2 Å². The van der Waals surface area contributed by atoms with Gasteiger partial charge < -0.3 is 14.5 Å². The number of ether oxygens (including phenoxy) is 1. The summed E-state index contributed by atoms with van der Waals surface area (Å²) in [6.45, 7) is 6.57. The molecule has 1 fully saturated rings. The first kappa shape index (κ1) is 19.2. The largest absolute Gasteiger partial charge is 0.372 e. The van der Waals surface area contributed by atoms with E-state index in [-0.39, 0.29) is 18.1 Å². The Bertz CT molecular complexity index is 837. The van der Waals surface area contributed by atoms with E-state index in [4.69, 9.17) is 4.74 Å². The van der Waals surface area contributed by atoms with Gasteiger partial charge in [0.05, 0.1) is 18.0 Å². The van der Waals surface area contributed by atoms with Gasteiger partial charge in [-0.1, -0.05) is 30.0 Å². The number of fused-ring (bicyclic) bond motifs is 1. The molecule has 0 bridgehead atoms. The zero-order valence-electron chi connectivity index (χ0n) is 16.4. The molecule has 7 heteroatoms. The lowest BCUT2D eigenvalue weighted by atomic mass is 10.0. The van der Waals surface area contributed by atoms with E-state index in [9.17, 15) is 4.79 Å². The lowest BCUT2D eigenvalue weighted by Crippen LogP contribution is -2.45. The second kappa shape index (κ2) is 8.49. The third-order valence-corrected chi connectivity index (χ3v) is 6.04. The molecule has 0 aliphatic carbocycles. The van der Waals surface area contributed by atoms with E-state index >= 15 is 0 Å². The van der Waals surface area contributed by atoms with Crippen molar-refractivity contribution in [2.75, 3.05) is 35.2 Å². The van der Waals surface area contributed by atoms with E-state index in [1.807, 2.05) is 29.2 Å². The predicted octanol–water partition coefficient (Wildman–Crippen LogP) is 3.16. The van der Waals surface area contributed by atoms with Crippen LogP contribution in [-0.4, -0.2) is 53.5 Å². The van der Waals surface area contributed by atoms with Crippen LogP contribution in [0.2, 0.25) is 0 Å². The Morgan fingerprint density at radius 2 is 2.00 bits per heavy atom. The number of morpholine rings is 1. The molecule has 2 aliphatic heterocycles. The first-order chi connectivity index (χ1) is 13.6. The molecule has 6 nitrogen and oxygen atoms in total. The Labute approximate surface area is 170 Å². The van der Waals surface area contributed by atoms with E-state index in [1.54, 1.807) is 6.33 Å². The van der Waals surface area contributed by atoms with Crippen molar-refractivity contribution >= 4 is 29.2 Å². The van der Waals surface area contributed by atoms with E-state index in [2.05, 4.69) is 34.8 Å². The lowest BCUT2D eigenvalue weighted by molar-refractivity contribution is -0.116. The summed E-state index contributed by atoms with van der Waals surface area (Å²) >= 11 is 1.48. The minimum atomic E-state index is 0.130. The molecular formula is C21H26N4O2S. The number of aryl methyl sites for hydroxylation is 1. The van der Waals surface area contributed by atoms with Gasteiger partial charge in [0, 0.05) is 31.4 Å². The van der Waals surface area contributed by atoms with Gasteiger partial charge >= 0.3 is 0 Å². The minimum Gasteiger partial charge on any atom is -0.372 e. The van der Waals surface area contributed by atoms with E-state index in [0.29, 0.717) is 5.75 Å². The molecule has 4 rings (SSSR count). The Kier molecular flexibility index (Phi) is 5.82. The maximum Gasteiger partial charge on any atom is 0.237 e. The van der Waals surface area contributed by atoms with E-state index < -0.39 is 0 Å². The summed E-state index contributed by atoms with van der Waals surface area (Å²) in [5.74, 6) is 1.40. The molecule has 2 atom stereocenters. The van der Waals surface area contributed by atoms with Crippen molar-refractivity contribution in [2.45, 2.75) is 43.9 Å². The van der Waals surface area contributed by atoms with Crippen LogP contribution < -0.4 is 9.80 Å². The highest BCUT2D eigenvalue weighted by Gasteiger charge is 2.24. The number of para-hydroxylation sites is 1. The summed E-state index contributed by atoms with van der Waals surface area (Å²) in [5.41, 5.74) is 2.31. The number of carbonyl (C=O) groups excluding carboxylic acids is 1. The quantitative estimate of drug-likeness (QED) is 0.582. The SMILES string of the molecule is CC1CN(c2cc(SCC(=O)N3CCCc4ccccc43)ncn2)CC(C)O1. The van der Waals surface area contributed by atoms with Crippen LogP contribution in [0.25, 0.3) is 0 Å². The average molecular weight is 399 g/mol. The molecular weight excluding hydrogens is 372 g/mol. The average Bonchev–Trinajstić information content (AvgIpc) is 2.71. The Morgan fingerprint density at radius 1 is 1.21 bits per heavy atom. The molecule has 2 unspecified atom stereocenters. The molecule has 28 heavy (non-hydrogen) atoms. The molecule has 2 aliphatic rings. The van der Waals surface area contributed by atoms with Crippen molar-refractivity contribution in [3.8, 4) is 0 Å². The maximum atomic E-state index is 12.8. The number of rotatable bonds is 4. The highest BCUT2D eigenvalue weighted by Crippen LogP contribution is 2.28. The predicted molar refractivity (Wildman–Crippen MR) is 112 cm³/mol. The van der Waals surface area contributed by atoms with Crippen molar-refractivity contribution in [2.24, 2.45) is 0 Å². The third-order valence-electron chi connectivity index (χ3n) is 5.13. The number of nitrogens with zero attached hydrogens (tertiary/aromatic N) is 4. The van der Waals surface area contributed by atoms with Gasteiger partial charge in [-0.05, 0) is 38.3 Å². The van der Waals surface area contributed by atoms with Crippen LogP contribution in [0.5, 0.6) is 0 Å². The zero-order chi connectivity index (χ0) is 19.5. The van der Waals surface area contributed by atoms with Gasteiger partial charge in [-0.3, -0.25) is 4.79 Å². The van der Waals surface area contributed by atoms with Gasteiger partial charge in [0.2, 0.25) is 5.91 Å². The third kappa shape index (κ3) is 4.31. The maximum absolute atomic E-state index is 12.8. The molecule has 0 spiro atoms. The standard InChI is InChI=1S/C21H26N4O2S/c1-15-11-24(12-16(2)27-15)19-10-20(23-14-22-19)28-13-21(26)25-9-5-7-17-6-3-4-8-18(17)25/h3-4,6,8,10,14-16H,5,7,9,11-13H2,1-2H3. The molecule has 0 N–H and O–H groups in total. The number of hydrogen-bond donors (Lipinski definition) is 0. The van der Waals surface area contributed by atoms with Gasteiger partial charge in [0.25, 0.3) is 0 Å². The van der Waals surface area contributed by atoms with Gasteiger partial charge in [-0.2, -0.15) is 0 Å². The summed E-state index contributed by atoms with van der Waals surface area (Å²) in [4.78, 5) is 25.8. The van der Waals surface area contributed by atoms with Crippen molar-refractivity contribution in [1.29, 1.82) is 0 Å². The van der Waals surface area contributed by atoms with Crippen LogP contribution in [0, 0.1) is 0 Å². The second-order valence-corrected chi connectivity index (χ2v) is 8.44. The molecule has 0 radical (unpaired) electrons. The van der Waals surface area contributed by atoms with Gasteiger partial charge in [0.15, 0.2) is 0 Å². The fourth-order valence-corrected chi connectivity index (χ4v) is 4.69. The van der Waals surface area contributed by atoms with Crippen molar-refractivity contribution in [1.82, 2.24) is 9.97 Å². The van der Waals surface area contributed by atoms with E-state index in [0.717, 1.165) is 49.0 Å². The number of hydrogen-bond acceptors (Lipinski definition) is 6. The smallest absolute Gasteiger partial charge is 0.237 e. The summed E-state index contributed by atoms with van der Waals surface area (Å²) < 4.78 is 5.80. The Balaban J connectivity index is 1.41. The summed E-state index contributed by atoms with van der Waals surface area (Å²) in [6.07, 6.45) is 3.99. The van der Waals surface area contributed by atoms with Crippen LogP contribution in [-0.2, 0) is 16.0 Å². The van der Waals surface area contributed by atoms with Crippen molar-refractivity contribution < 1.29 is 9.53 Å². The topological polar surface area (TPSA) is 58.6 Å². The molecule has 1 aromatic heterocycles. The van der Waals surface area contributed by atoms with Gasteiger partial charge in [-0.25, -0.2) is 9.97 Å². The summed E-state index contributed by atoms with van der Waals surface area (Å²) in [6, 6.07) is 10.2. The highest BCUT2D eigenvalue weighted by atomic mass is 32.2. The normalized spacial score (nSPS) is 22.1. The Morgan fingerprint density at radius 3 is 2.82 bits per heavy atom. The number of anilines is 2. The summed E-state index contributed by atoms with van der Waals surface area (Å²) in [7, 11) is 0. The molecule has 0 saturated carbocycles. The molecule has 148 valence electrons. The molecule has 1 amide bonds. The van der Waals surface area contributed by atoms with Gasteiger partial charge in [0.1, 0.15) is 17.2 Å². The highest BCUT2D eigenvalue weighted by molar-refractivity contribution is 7.99. The first-order valence-electron chi connectivity index (χ1n) is 9.83. The number of thioether (sulfide) groups is 1. The summed E-state index contributed by atoms with van der Waals surface area (Å²) in [5, 5.41) is 0.829. The minimum absolute atomic E-state index is 0.130. The van der Waals surface area contributed by atoms with Gasteiger partial charge in [-0.15, -0.1) is 0 Å². The molecule has 3 heterocycles. The van der Waals surface area contributed by atoms with Crippen molar-refractivity contribution in [3.63, 3.8) is 0 Å². The monoisotopic (exact) mass is 398 g/mol. The number of carbonyl (C=O) groups is 1. The van der Waals surface area contributed by atoms with Crippen LogP contribution in [0.1, 0.15) is 25.8 Å². The van der Waals surface area contributed by atoms with Crippen LogP contribution in [0.15, 0.2) is 41.7 Å². The van der Waals surface area contributed by atoms with Crippen LogP contribution >= 0.6 is 11.8 Å². The lowest BCUT2D eigenvalue weighted by Gasteiger charge is -2.36. The molecule has 2 aromatic rings. The zero-order valence-corrected chi connectivity index (χ0v) is 17.2. The fraction of sp³-hybridized carbons (Fsp3) is 0.476. The second-order valence-electron chi connectivity index (χ2n) is 7.44. The Hall–Kier alpha value is -2.12.